The largest absolute Gasteiger partial charge is 0.416 e. The first-order valence-corrected chi connectivity index (χ1v) is 7.30. The van der Waals surface area contributed by atoms with Crippen molar-refractivity contribution in [1.29, 1.82) is 0 Å². The van der Waals surface area contributed by atoms with Crippen LogP contribution >= 0.6 is 0 Å². The van der Waals surface area contributed by atoms with Crippen LogP contribution in [0, 0.1) is 6.92 Å². The summed E-state index contributed by atoms with van der Waals surface area (Å²) in [6, 6.07) is 11.8. The van der Waals surface area contributed by atoms with Gasteiger partial charge in [0, 0.05) is 5.69 Å². The van der Waals surface area contributed by atoms with E-state index in [0.717, 1.165) is 23.4 Å². The Morgan fingerprint density at radius 3 is 2.52 bits per heavy atom. The number of hydrogen-bond acceptors (Lipinski definition) is 3. The van der Waals surface area contributed by atoms with Gasteiger partial charge in [-0.3, -0.25) is 4.79 Å². The van der Waals surface area contributed by atoms with Crippen LogP contribution in [0.5, 0.6) is 0 Å². The molecule has 0 saturated heterocycles. The van der Waals surface area contributed by atoms with Gasteiger partial charge in [-0.15, -0.1) is 5.10 Å². The Morgan fingerprint density at radius 1 is 1.12 bits per heavy atom. The highest BCUT2D eigenvalue weighted by molar-refractivity contribution is 6.01. The minimum absolute atomic E-state index is 0.0199. The van der Waals surface area contributed by atoms with Crippen LogP contribution in [0.4, 0.5) is 18.9 Å². The number of alkyl halides is 3. The number of nitrogens with zero attached hydrogens (tertiary/aromatic N) is 3. The molecule has 0 atom stereocenters. The van der Waals surface area contributed by atoms with Crippen molar-refractivity contribution < 1.29 is 18.0 Å². The second kappa shape index (κ2) is 6.39. The van der Waals surface area contributed by atoms with Gasteiger partial charge in [-0.05, 0) is 37.3 Å². The highest BCUT2D eigenvalue weighted by Crippen LogP contribution is 2.30. The van der Waals surface area contributed by atoms with Gasteiger partial charge < -0.3 is 5.32 Å². The topological polar surface area (TPSA) is 59.8 Å². The first-order valence-electron chi connectivity index (χ1n) is 7.30. The Balaban J connectivity index is 1.77. The number of hydrogen-bond donors (Lipinski definition) is 1. The van der Waals surface area contributed by atoms with E-state index >= 15 is 0 Å². The lowest BCUT2D eigenvalue weighted by Gasteiger charge is -2.08. The molecule has 1 N–H and O–H groups in total. The third-order valence-corrected chi connectivity index (χ3v) is 3.44. The van der Waals surface area contributed by atoms with Crippen LogP contribution < -0.4 is 5.32 Å². The Bertz CT molecular complexity index is 901. The Kier molecular flexibility index (Phi) is 4.26. The number of nitrogens with one attached hydrogen (secondary N) is 1. The third-order valence-electron chi connectivity index (χ3n) is 3.44. The Morgan fingerprint density at radius 2 is 1.84 bits per heavy atom. The number of benzene rings is 2. The molecule has 3 rings (SSSR count). The fourth-order valence-electron chi connectivity index (χ4n) is 2.15. The number of aromatic nitrogens is 3. The van der Waals surface area contributed by atoms with E-state index < -0.39 is 17.6 Å². The van der Waals surface area contributed by atoms with Crippen LogP contribution in [0.2, 0.25) is 0 Å². The van der Waals surface area contributed by atoms with Crippen molar-refractivity contribution in [1.82, 2.24) is 14.8 Å². The summed E-state index contributed by atoms with van der Waals surface area (Å²) in [6.45, 7) is 1.94. The van der Waals surface area contributed by atoms with Crippen LogP contribution in [-0.2, 0) is 6.18 Å². The number of rotatable bonds is 3. The number of anilines is 1. The van der Waals surface area contributed by atoms with Crippen molar-refractivity contribution >= 4 is 11.6 Å². The summed E-state index contributed by atoms with van der Waals surface area (Å²) in [7, 11) is 0. The van der Waals surface area contributed by atoms with Gasteiger partial charge in [0.15, 0.2) is 0 Å². The number of aryl methyl sites for hydroxylation is 1. The Labute approximate surface area is 141 Å². The van der Waals surface area contributed by atoms with E-state index in [0.29, 0.717) is 0 Å². The Hall–Kier alpha value is -3.16. The zero-order valence-electron chi connectivity index (χ0n) is 13.1. The van der Waals surface area contributed by atoms with Gasteiger partial charge in [-0.2, -0.15) is 13.2 Å². The summed E-state index contributed by atoms with van der Waals surface area (Å²) in [4.78, 5) is 16.0. The summed E-state index contributed by atoms with van der Waals surface area (Å²) in [5, 5.41) is 6.42. The zero-order valence-corrected chi connectivity index (χ0v) is 13.1. The van der Waals surface area contributed by atoms with Crippen molar-refractivity contribution in [2.75, 3.05) is 5.32 Å². The van der Waals surface area contributed by atoms with Gasteiger partial charge >= 0.3 is 6.18 Å². The standard InChI is InChI=1S/C17H13F3N4O/c1-11-5-7-14(8-6-11)24-10-21-15(23-24)16(25)22-13-4-2-3-12(9-13)17(18,19)20/h2-10H,1H3,(H,22,25). The third kappa shape index (κ3) is 3.85. The molecule has 3 aromatic rings. The molecule has 0 aliphatic rings. The number of halogens is 3. The lowest BCUT2D eigenvalue weighted by molar-refractivity contribution is -0.137. The number of carbonyl (C=O) groups is 1. The predicted octanol–water partition coefficient (Wildman–Crippen LogP) is 3.85. The molecule has 25 heavy (non-hydrogen) atoms. The minimum Gasteiger partial charge on any atom is -0.319 e. The SMILES string of the molecule is Cc1ccc(-n2cnc(C(=O)Nc3cccc(C(F)(F)F)c3)n2)cc1. The highest BCUT2D eigenvalue weighted by Gasteiger charge is 2.30. The molecule has 0 fully saturated rings. The molecule has 2 aromatic carbocycles. The summed E-state index contributed by atoms with van der Waals surface area (Å²) in [6.07, 6.45) is -3.11. The summed E-state index contributed by atoms with van der Waals surface area (Å²) in [5.74, 6) is -0.830. The van der Waals surface area contributed by atoms with E-state index in [9.17, 15) is 18.0 Å². The van der Waals surface area contributed by atoms with Gasteiger partial charge in [0.25, 0.3) is 5.91 Å². The molecule has 0 aliphatic carbocycles. The average Bonchev–Trinajstić information content (AvgIpc) is 3.05. The van der Waals surface area contributed by atoms with Crippen LogP contribution in [0.1, 0.15) is 21.7 Å². The van der Waals surface area contributed by atoms with Gasteiger partial charge in [0.05, 0.1) is 11.3 Å². The van der Waals surface area contributed by atoms with Gasteiger partial charge in [0.1, 0.15) is 6.33 Å². The molecule has 0 spiro atoms. The van der Waals surface area contributed by atoms with E-state index in [-0.39, 0.29) is 11.5 Å². The van der Waals surface area contributed by atoms with Crippen LogP contribution in [0.3, 0.4) is 0 Å². The molecule has 1 heterocycles. The molecular formula is C17H13F3N4O. The van der Waals surface area contributed by atoms with E-state index in [4.69, 9.17) is 0 Å². The predicted molar refractivity (Wildman–Crippen MR) is 85.5 cm³/mol. The molecule has 0 bridgehead atoms. The first kappa shape index (κ1) is 16.7. The monoisotopic (exact) mass is 346 g/mol. The van der Waals surface area contributed by atoms with E-state index in [1.807, 2.05) is 31.2 Å². The smallest absolute Gasteiger partial charge is 0.319 e. The maximum atomic E-state index is 12.7. The highest BCUT2D eigenvalue weighted by atomic mass is 19.4. The zero-order chi connectivity index (χ0) is 18.0. The normalized spacial score (nSPS) is 11.4. The minimum atomic E-state index is -4.48. The van der Waals surface area contributed by atoms with Gasteiger partial charge in [-0.25, -0.2) is 9.67 Å². The molecule has 0 radical (unpaired) electrons. The van der Waals surface area contributed by atoms with Gasteiger partial charge in [0.2, 0.25) is 5.82 Å². The van der Waals surface area contributed by atoms with Gasteiger partial charge in [-0.1, -0.05) is 23.8 Å². The summed E-state index contributed by atoms with van der Waals surface area (Å²) < 4.78 is 39.5. The van der Waals surface area contributed by atoms with Crippen molar-refractivity contribution in [2.45, 2.75) is 13.1 Å². The quantitative estimate of drug-likeness (QED) is 0.784. The lowest BCUT2D eigenvalue weighted by Crippen LogP contribution is -2.15. The summed E-state index contributed by atoms with van der Waals surface area (Å²) >= 11 is 0. The first-order chi connectivity index (χ1) is 11.8. The number of carbonyl (C=O) groups excluding carboxylic acids is 1. The number of amides is 1. The molecule has 0 saturated carbocycles. The maximum absolute atomic E-state index is 12.7. The molecule has 8 heteroatoms. The van der Waals surface area contributed by atoms with Crippen LogP contribution in [0.25, 0.3) is 5.69 Å². The molecule has 1 aromatic heterocycles. The average molecular weight is 346 g/mol. The lowest BCUT2D eigenvalue weighted by atomic mass is 10.2. The molecule has 0 aliphatic heterocycles. The molecule has 5 nitrogen and oxygen atoms in total. The van der Waals surface area contributed by atoms with Crippen LogP contribution in [0.15, 0.2) is 54.9 Å². The van der Waals surface area contributed by atoms with Crippen molar-refractivity contribution in [3.8, 4) is 5.69 Å². The molecular weight excluding hydrogens is 333 g/mol. The van der Waals surface area contributed by atoms with E-state index in [1.165, 1.54) is 23.1 Å². The van der Waals surface area contributed by atoms with E-state index in [1.54, 1.807) is 0 Å². The summed E-state index contributed by atoms with van der Waals surface area (Å²) in [5.41, 5.74) is 0.970. The maximum Gasteiger partial charge on any atom is 0.416 e. The molecule has 1 amide bonds. The van der Waals surface area contributed by atoms with Crippen molar-refractivity contribution in [3.63, 3.8) is 0 Å². The fourth-order valence-corrected chi connectivity index (χ4v) is 2.15. The van der Waals surface area contributed by atoms with Crippen molar-refractivity contribution in [2.24, 2.45) is 0 Å². The fraction of sp³-hybridized carbons (Fsp3) is 0.118. The second-order valence-corrected chi connectivity index (χ2v) is 5.38. The molecule has 0 unspecified atom stereocenters. The van der Waals surface area contributed by atoms with Crippen LogP contribution in [-0.4, -0.2) is 20.7 Å². The van der Waals surface area contributed by atoms with Crippen molar-refractivity contribution in [3.05, 3.63) is 71.8 Å². The van der Waals surface area contributed by atoms with E-state index in [2.05, 4.69) is 15.4 Å². The second-order valence-electron chi connectivity index (χ2n) is 5.38. The molecule has 128 valence electrons.